The molecule has 1 aromatic rings. The van der Waals surface area contributed by atoms with Gasteiger partial charge in [0.05, 0.1) is 6.10 Å². The maximum Gasteiger partial charge on any atom is 0.128 e. The van der Waals surface area contributed by atoms with Crippen molar-refractivity contribution < 1.29 is 5.11 Å². The fourth-order valence-electron chi connectivity index (χ4n) is 1.50. The number of aromatic nitrogens is 1. The van der Waals surface area contributed by atoms with E-state index in [0.29, 0.717) is 0 Å². The van der Waals surface area contributed by atoms with Gasteiger partial charge in [-0.1, -0.05) is 6.92 Å². The molecule has 1 N–H and O–H groups in total. The van der Waals surface area contributed by atoms with Gasteiger partial charge >= 0.3 is 0 Å². The number of hydrogen-bond acceptors (Lipinski definition) is 3. The number of anilines is 1. The number of aliphatic hydroxyl groups is 1. The third-order valence-corrected chi connectivity index (χ3v) is 2.40. The highest BCUT2D eigenvalue weighted by Crippen LogP contribution is 2.19. The van der Waals surface area contributed by atoms with E-state index in [1.807, 2.05) is 12.3 Å². The van der Waals surface area contributed by atoms with E-state index in [-0.39, 0.29) is 6.10 Å². The van der Waals surface area contributed by atoms with E-state index in [9.17, 15) is 0 Å². The van der Waals surface area contributed by atoms with Gasteiger partial charge in [0.25, 0.3) is 0 Å². The summed E-state index contributed by atoms with van der Waals surface area (Å²) in [5, 5.41) is 9.14. The SMILES string of the molecule is CCc1ccnc(N2CC(O)C2)c1. The van der Waals surface area contributed by atoms with Crippen LogP contribution in [-0.2, 0) is 6.42 Å². The summed E-state index contributed by atoms with van der Waals surface area (Å²) in [6.45, 7) is 3.57. The lowest BCUT2D eigenvalue weighted by Gasteiger charge is -2.36. The summed E-state index contributed by atoms with van der Waals surface area (Å²) >= 11 is 0. The number of nitrogens with zero attached hydrogens (tertiary/aromatic N) is 2. The highest BCUT2D eigenvalue weighted by atomic mass is 16.3. The zero-order valence-electron chi connectivity index (χ0n) is 7.77. The number of rotatable bonds is 2. The maximum absolute atomic E-state index is 9.14. The quantitative estimate of drug-likeness (QED) is 0.728. The summed E-state index contributed by atoms with van der Waals surface area (Å²) in [5.74, 6) is 0.990. The van der Waals surface area contributed by atoms with Crippen molar-refractivity contribution in [3.05, 3.63) is 23.9 Å². The van der Waals surface area contributed by atoms with E-state index < -0.39 is 0 Å². The van der Waals surface area contributed by atoms with E-state index >= 15 is 0 Å². The van der Waals surface area contributed by atoms with Gasteiger partial charge in [0.2, 0.25) is 0 Å². The van der Waals surface area contributed by atoms with Gasteiger partial charge in [-0.25, -0.2) is 4.98 Å². The molecule has 2 rings (SSSR count). The molecule has 0 atom stereocenters. The van der Waals surface area contributed by atoms with Crippen molar-refractivity contribution in [3.8, 4) is 0 Å². The zero-order chi connectivity index (χ0) is 9.26. The standard InChI is InChI=1S/C10H14N2O/c1-2-8-3-4-11-10(5-8)12-6-9(13)7-12/h3-5,9,13H,2,6-7H2,1H3. The Morgan fingerprint density at radius 1 is 1.62 bits per heavy atom. The molecule has 1 fully saturated rings. The average molecular weight is 178 g/mol. The number of hydrogen-bond donors (Lipinski definition) is 1. The first-order valence-corrected chi connectivity index (χ1v) is 4.67. The molecule has 0 bridgehead atoms. The van der Waals surface area contributed by atoms with Crippen LogP contribution in [0.5, 0.6) is 0 Å². The van der Waals surface area contributed by atoms with Crippen LogP contribution < -0.4 is 4.90 Å². The second-order valence-electron chi connectivity index (χ2n) is 3.43. The van der Waals surface area contributed by atoms with Crippen LogP contribution in [-0.4, -0.2) is 29.3 Å². The first-order valence-electron chi connectivity index (χ1n) is 4.67. The highest BCUT2D eigenvalue weighted by Gasteiger charge is 2.25. The first-order chi connectivity index (χ1) is 6.29. The Bertz CT molecular complexity index is 295. The Morgan fingerprint density at radius 3 is 3.00 bits per heavy atom. The molecule has 13 heavy (non-hydrogen) atoms. The van der Waals surface area contributed by atoms with Crippen molar-refractivity contribution in [2.75, 3.05) is 18.0 Å². The highest BCUT2D eigenvalue weighted by molar-refractivity contribution is 5.44. The van der Waals surface area contributed by atoms with Crippen LogP contribution in [0.15, 0.2) is 18.3 Å². The number of pyridine rings is 1. The lowest BCUT2D eigenvalue weighted by atomic mass is 10.1. The molecule has 2 heterocycles. The summed E-state index contributed by atoms with van der Waals surface area (Å²) < 4.78 is 0. The molecule has 0 radical (unpaired) electrons. The molecule has 1 aromatic heterocycles. The van der Waals surface area contributed by atoms with Gasteiger partial charge in [-0.15, -0.1) is 0 Å². The van der Waals surface area contributed by atoms with Gasteiger partial charge in [0.15, 0.2) is 0 Å². The van der Waals surface area contributed by atoms with Gasteiger partial charge in [0.1, 0.15) is 5.82 Å². The van der Waals surface area contributed by atoms with Crippen LogP contribution in [0, 0.1) is 0 Å². The minimum atomic E-state index is -0.160. The van der Waals surface area contributed by atoms with Crippen LogP contribution in [0.25, 0.3) is 0 Å². The van der Waals surface area contributed by atoms with E-state index in [2.05, 4.69) is 22.9 Å². The third-order valence-electron chi connectivity index (χ3n) is 2.40. The normalized spacial score (nSPS) is 17.2. The first kappa shape index (κ1) is 8.51. The van der Waals surface area contributed by atoms with Gasteiger partial charge < -0.3 is 10.0 Å². The molecule has 1 aliphatic heterocycles. The van der Waals surface area contributed by atoms with Crippen molar-refractivity contribution in [2.45, 2.75) is 19.4 Å². The topological polar surface area (TPSA) is 36.4 Å². The molecule has 0 saturated carbocycles. The van der Waals surface area contributed by atoms with Crippen molar-refractivity contribution in [2.24, 2.45) is 0 Å². The average Bonchev–Trinajstić information content (AvgIpc) is 2.13. The van der Waals surface area contributed by atoms with Crippen LogP contribution in [0.1, 0.15) is 12.5 Å². The maximum atomic E-state index is 9.14. The fourth-order valence-corrected chi connectivity index (χ4v) is 1.50. The molecular formula is C10H14N2O. The molecule has 0 aromatic carbocycles. The van der Waals surface area contributed by atoms with E-state index in [0.717, 1.165) is 25.3 Å². The van der Waals surface area contributed by atoms with Crippen LogP contribution >= 0.6 is 0 Å². The smallest absolute Gasteiger partial charge is 0.128 e. The summed E-state index contributed by atoms with van der Waals surface area (Å²) in [4.78, 5) is 6.35. The van der Waals surface area contributed by atoms with Crippen molar-refractivity contribution in [1.82, 2.24) is 4.98 Å². The molecule has 1 saturated heterocycles. The van der Waals surface area contributed by atoms with E-state index in [1.54, 1.807) is 0 Å². The van der Waals surface area contributed by atoms with E-state index in [4.69, 9.17) is 5.11 Å². The predicted molar refractivity (Wildman–Crippen MR) is 51.8 cm³/mol. The summed E-state index contributed by atoms with van der Waals surface area (Å²) in [5.41, 5.74) is 1.30. The van der Waals surface area contributed by atoms with Crippen molar-refractivity contribution in [1.29, 1.82) is 0 Å². The summed E-state index contributed by atoms with van der Waals surface area (Å²) in [6, 6.07) is 4.12. The van der Waals surface area contributed by atoms with Crippen molar-refractivity contribution in [3.63, 3.8) is 0 Å². The Labute approximate surface area is 78.0 Å². The van der Waals surface area contributed by atoms with Crippen LogP contribution in [0.4, 0.5) is 5.82 Å². The minimum Gasteiger partial charge on any atom is -0.389 e. The van der Waals surface area contributed by atoms with Gasteiger partial charge in [-0.05, 0) is 24.1 Å². The predicted octanol–water partition coefficient (Wildman–Crippen LogP) is 0.825. The largest absolute Gasteiger partial charge is 0.389 e. The molecule has 0 spiro atoms. The Morgan fingerprint density at radius 2 is 2.38 bits per heavy atom. The monoisotopic (exact) mass is 178 g/mol. The Hall–Kier alpha value is -1.09. The molecule has 0 aliphatic carbocycles. The van der Waals surface area contributed by atoms with Crippen molar-refractivity contribution >= 4 is 5.82 Å². The summed E-state index contributed by atoms with van der Waals surface area (Å²) in [7, 11) is 0. The summed E-state index contributed by atoms with van der Waals surface area (Å²) in [6.07, 6.45) is 2.71. The van der Waals surface area contributed by atoms with Gasteiger partial charge in [0, 0.05) is 19.3 Å². The number of β-amino-alcohol motifs (C(OH)–C–C–N with tert-alkyl or cyclic N) is 1. The lowest BCUT2D eigenvalue weighted by Crippen LogP contribution is -2.51. The molecule has 0 amide bonds. The number of aliphatic hydroxyl groups excluding tert-OH is 1. The van der Waals surface area contributed by atoms with Crippen LogP contribution in [0.2, 0.25) is 0 Å². The second kappa shape index (κ2) is 3.34. The molecule has 3 nitrogen and oxygen atoms in total. The Kier molecular flexibility index (Phi) is 2.19. The molecule has 0 unspecified atom stereocenters. The Balaban J connectivity index is 2.12. The third kappa shape index (κ3) is 1.65. The fraction of sp³-hybridized carbons (Fsp3) is 0.500. The van der Waals surface area contributed by atoms with Crippen LogP contribution in [0.3, 0.4) is 0 Å². The molecular weight excluding hydrogens is 164 g/mol. The minimum absolute atomic E-state index is 0.160. The lowest BCUT2D eigenvalue weighted by molar-refractivity contribution is 0.141. The zero-order valence-corrected chi connectivity index (χ0v) is 7.77. The van der Waals surface area contributed by atoms with E-state index in [1.165, 1.54) is 5.56 Å². The molecule has 3 heteroatoms. The van der Waals surface area contributed by atoms with Gasteiger partial charge in [-0.2, -0.15) is 0 Å². The number of aryl methyl sites for hydroxylation is 1. The van der Waals surface area contributed by atoms with Gasteiger partial charge in [-0.3, -0.25) is 0 Å². The second-order valence-corrected chi connectivity index (χ2v) is 3.43. The molecule has 1 aliphatic rings. The molecule has 70 valence electrons.